The van der Waals surface area contributed by atoms with E-state index in [1.54, 1.807) is 0 Å². The molecule has 2 aromatic rings. The number of carbonyl (C=O) groups is 1. The first-order valence-electron chi connectivity index (χ1n) is 8.39. The molecule has 0 N–H and O–H groups in total. The molecule has 0 unspecified atom stereocenters. The van der Waals surface area contributed by atoms with E-state index in [4.69, 9.17) is 11.6 Å². The Bertz CT molecular complexity index is 676. The zero-order chi connectivity index (χ0) is 16.2. The van der Waals surface area contributed by atoms with Crippen molar-refractivity contribution in [1.82, 2.24) is 9.47 Å². The highest BCUT2D eigenvalue weighted by Crippen LogP contribution is 2.36. The lowest BCUT2D eigenvalue weighted by atomic mass is 10.2. The second-order valence-electron chi connectivity index (χ2n) is 6.24. The molecule has 122 valence electrons. The fourth-order valence-electron chi connectivity index (χ4n) is 2.87. The zero-order valence-corrected chi connectivity index (χ0v) is 14.3. The highest BCUT2D eigenvalue weighted by molar-refractivity contribution is 6.30. The van der Waals surface area contributed by atoms with Crippen LogP contribution in [0.4, 0.5) is 0 Å². The van der Waals surface area contributed by atoms with Crippen molar-refractivity contribution in [3.8, 4) is 0 Å². The first kappa shape index (κ1) is 16.1. The number of halogens is 1. The third-order valence-corrected chi connectivity index (χ3v) is 4.50. The van der Waals surface area contributed by atoms with Gasteiger partial charge in [-0.15, -0.1) is 0 Å². The van der Waals surface area contributed by atoms with Gasteiger partial charge in [0.15, 0.2) is 0 Å². The highest BCUT2D eigenvalue weighted by Gasteiger charge is 2.28. The Morgan fingerprint density at radius 2 is 2.13 bits per heavy atom. The summed E-state index contributed by atoms with van der Waals surface area (Å²) in [4.78, 5) is 15.0. The maximum atomic E-state index is 13.0. The van der Waals surface area contributed by atoms with Gasteiger partial charge in [-0.05, 0) is 49.1 Å². The summed E-state index contributed by atoms with van der Waals surface area (Å²) in [5.74, 6) is 0.121. The highest BCUT2D eigenvalue weighted by atomic mass is 35.5. The van der Waals surface area contributed by atoms with Gasteiger partial charge < -0.3 is 9.47 Å². The molecular weight excluding hydrogens is 308 g/mol. The largest absolute Gasteiger partial charge is 0.340 e. The molecule has 1 aromatic heterocycles. The Morgan fingerprint density at radius 1 is 1.30 bits per heavy atom. The van der Waals surface area contributed by atoms with Gasteiger partial charge >= 0.3 is 0 Å². The van der Waals surface area contributed by atoms with Gasteiger partial charge in [-0.1, -0.05) is 37.1 Å². The third-order valence-electron chi connectivity index (χ3n) is 4.27. The van der Waals surface area contributed by atoms with E-state index < -0.39 is 0 Å². The van der Waals surface area contributed by atoms with Crippen molar-refractivity contribution in [2.75, 3.05) is 6.54 Å². The van der Waals surface area contributed by atoms with Crippen LogP contribution in [0.25, 0.3) is 0 Å². The fraction of sp³-hybridized carbons (Fsp3) is 0.421. The molecule has 1 heterocycles. The van der Waals surface area contributed by atoms with E-state index in [-0.39, 0.29) is 5.91 Å². The summed E-state index contributed by atoms with van der Waals surface area (Å²) >= 11 is 6.08. The van der Waals surface area contributed by atoms with Crippen LogP contribution in [0.3, 0.4) is 0 Å². The lowest BCUT2D eigenvalue weighted by Gasteiger charge is -2.23. The molecule has 0 atom stereocenters. The van der Waals surface area contributed by atoms with Gasteiger partial charge in [0.05, 0.1) is 0 Å². The summed E-state index contributed by atoms with van der Waals surface area (Å²) in [6.45, 7) is 3.53. The van der Waals surface area contributed by atoms with Crippen molar-refractivity contribution >= 4 is 17.5 Å². The van der Waals surface area contributed by atoms with Crippen LogP contribution < -0.4 is 0 Å². The second kappa shape index (κ2) is 7.22. The summed E-state index contributed by atoms with van der Waals surface area (Å²) in [7, 11) is 0. The van der Waals surface area contributed by atoms with Crippen LogP contribution >= 0.6 is 11.6 Å². The lowest BCUT2D eigenvalue weighted by molar-refractivity contribution is 0.0729. The van der Waals surface area contributed by atoms with Crippen LogP contribution in [0, 0.1) is 0 Å². The molecule has 0 saturated heterocycles. The minimum Gasteiger partial charge on any atom is -0.340 e. The van der Waals surface area contributed by atoms with E-state index in [1.807, 2.05) is 47.5 Å². The molecule has 1 saturated carbocycles. The van der Waals surface area contributed by atoms with E-state index in [2.05, 4.69) is 11.5 Å². The van der Waals surface area contributed by atoms with Gasteiger partial charge in [-0.25, -0.2) is 0 Å². The van der Waals surface area contributed by atoms with Crippen molar-refractivity contribution in [3.63, 3.8) is 0 Å². The molecule has 1 aromatic carbocycles. The van der Waals surface area contributed by atoms with Crippen molar-refractivity contribution in [1.29, 1.82) is 0 Å². The monoisotopic (exact) mass is 330 g/mol. The Kier molecular flexibility index (Phi) is 5.06. The van der Waals surface area contributed by atoms with Crippen LogP contribution in [-0.4, -0.2) is 21.9 Å². The maximum Gasteiger partial charge on any atom is 0.270 e. The molecule has 0 aliphatic heterocycles. The van der Waals surface area contributed by atoms with Crippen LogP contribution in [0.2, 0.25) is 5.02 Å². The van der Waals surface area contributed by atoms with Crippen molar-refractivity contribution < 1.29 is 4.79 Å². The molecule has 3 nitrogen and oxygen atoms in total. The standard InChI is InChI=1S/C19H23ClN2O/c1-2-3-11-21(14-15-6-4-7-16(20)13-15)19(23)18-8-5-12-22(18)17-9-10-17/h4-8,12-13,17H,2-3,9-11,14H2,1H3. The van der Waals surface area contributed by atoms with Crippen LogP contribution in [0.1, 0.15) is 54.7 Å². The molecule has 1 amide bonds. The van der Waals surface area contributed by atoms with Gasteiger partial charge in [-0.2, -0.15) is 0 Å². The summed E-state index contributed by atoms with van der Waals surface area (Å²) in [6, 6.07) is 12.2. The second-order valence-corrected chi connectivity index (χ2v) is 6.68. The summed E-state index contributed by atoms with van der Waals surface area (Å²) < 4.78 is 2.14. The third kappa shape index (κ3) is 3.97. The van der Waals surface area contributed by atoms with Gasteiger partial charge in [0.25, 0.3) is 5.91 Å². The molecule has 3 rings (SSSR count). The maximum absolute atomic E-state index is 13.0. The Morgan fingerprint density at radius 3 is 2.83 bits per heavy atom. The average Bonchev–Trinajstić information content (AvgIpc) is 3.27. The molecule has 0 bridgehead atoms. The van der Waals surface area contributed by atoms with E-state index in [9.17, 15) is 4.79 Å². The molecular formula is C19H23ClN2O. The van der Waals surface area contributed by atoms with Gasteiger partial charge in [0.2, 0.25) is 0 Å². The summed E-state index contributed by atoms with van der Waals surface area (Å²) in [5, 5.41) is 0.715. The molecule has 1 aliphatic rings. The average molecular weight is 331 g/mol. The Hall–Kier alpha value is -1.74. The van der Waals surface area contributed by atoms with Crippen LogP contribution in [-0.2, 0) is 6.54 Å². The molecule has 23 heavy (non-hydrogen) atoms. The zero-order valence-electron chi connectivity index (χ0n) is 13.5. The lowest BCUT2D eigenvalue weighted by Crippen LogP contribution is -2.33. The number of nitrogens with zero attached hydrogens (tertiary/aromatic N) is 2. The summed E-state index contributed by atoms with van der Waals surface area (Å²) in [6.07, 6.45) is 6.47. The molecule has 4 heteroatoms. The number of aromatic nitrogens is 1. The predicted molar refractivity (Wildman–Crippen MR) is 93.8 cm³/mol. The van der Waals surface area contributed by atoms with Crippen LogP contribution in [0.15, 0.2) is 42.6 Å². The SMILES string of the molecule is CCCCN(Cc1cccc(Cl)c1)C(=O)c1cccn1C1CC1. The fourth-order valence-corrected chi connectivity index (χ4v) is 3.08. The molecule has 1 aliphatic carbocycles. The van der Waals surface area contributed by atoms with Crippen molar-refractivity contribution in [2.24, 2.45) is 0 Å². The number of amides is 1. The Labute approximate surface area is 142 Å². The first-order chi connectivity index (χ1) is 11.2. The quantitative estimate of drug-likeness (QED) is 0.707. The smallest absolute Gasteiger partial charge is 0.270 e. The van der Waals surface area contributed by atoms with Crippen molar-refractivity contribution in [2.45, 2.75) is 45.2 Å². The van der Waals surface area contributed by atoms with E-state index in [1.165, 1.54) is 12.8 Å². The molecule has 0 spiro atoms. The number of hydrogen-bond donors (Lipinski definition) is 0. The van der Waals surface area contributed by atoms with E-state index >= 15 is 0 Å². The summed E-state index contributed by atoms with van der Waals surface area (Å²) in [5.41, 5.74) is 1.89. The molecule has 1 fully saturated rings. The minimum absolute atomic E-state index is 0.121. The van der Waals surface area contributed by atoms with Crippen molar-refractivity contribution in [3.05, 3.63) is 58.9 Å². The van der Waals surface area contributed by atoms with E-state index in [0.29, 0.717) is 17.6 Å². The molecule has 0 radical (unpaired) electrons. The number of unbranched alkanes of at least 4 members (excludes halogenated alkanes) is 1. The van der Waals surface area contributed by atoms with Gasteiger partial charge in [0.1, 0.15) is 5.69 Å². The predicted octanol–water partition coefficient (Wildman–Crippen LogP) is 4.92. The Balaban J connectivity index is 1.79. The topological polar surface area (TPSA) is 25.2 Å². The number of benzene rings is 1. The first-order valence-corrected chi connectivity index (χ1v) is 8.77. The minimum atomic E-state index is 0.121. The number of carbonyl (C=O) groups excluding carboxylic acids is 1. The number of hydrogen-bond acceptors (Lipinski definition) is 1. The van der Waals surface area contributed by atoms with Crippen LogP contribution in [0.5, 0.6) is 0 Å². The normalized spacial score (nSPS) is 14.0. The van der Waals surface area contributed by atoms with E-state index in [0.717, 1.165) is 30.6 Å². The number of rotatable bonds is 7. The van der Waals surface area contributed by atoms with Gasteiger partial charge in [0, 0.05) is 30.4 Å². The van der Waals surface area contributed by atoms with Gasteiger partial charge in [-0.3, -0.25) is 4.79 Å².